The first-order chi connectivity index (χ1) is 9.79. The molecule has 0 amide bonds. The molecular formula is C17H20N2O. The Bertz CT molecular complexity index is 640. The zero-order valence-electron chi connectivity index (χ0n) is 11.6. The number of ether oxygens (including phenoxy) is 1. The smallest absolute Gasteiger partial charge is 0.145 e. The summed E-state index contributed by atoms with van der Waals surface area (Å²) in [6.45, 7) is 0.830. The lowest BCUT2D eigenvalue weighted by Crippen LogP contribution is -2.18. The van der Waals surface area contributed by atoms with Gasteiger partial charge >= 0.3 is 0 Å². The molecule has 1 aromatic carbocycles. The van der Waals surface area contributed by atoms with Gasteiger partial charge < -0.3 is 10.5 Å². The Labute approximate surface area is 119 Å². The summed E-state index contributed by atoms with van der Waals surface area (Å²) < 4.78 is 6.09. The molecule has 2 bridgehead atoms. The van der Waals surface area contributed by atoms with Gasteiger partial charge in [0.1, 0.15) is 17.1 Å². The highest BCUT2D eigenvalue weighted by molar-refractivity contribution is 5.85. The Balaban J connectivity index is 1.55. The number of pyridine rings is 1. The number of hydrogen-bond acceptors (Lipinski definition) is 3. The zero-order chi connectivity index (χ0) is 13.5. The second kappa shape index (κ2) is 4.65. The lowest BCUT2D eigenvalue weighted by molar-refractivity contribution is 0.196. The van der Waals surface area contributed by atoms with Crippen molar-refractivity contribution in [2.24, 2.45) is 17.8 Å². The van der Waals surface area contributed by atoms with Crippen LogP contribution in [0.5, 0.6) is 5.75 Å². The number of aromatic nitrogens is 1. The lowest BCUT2D eigenvalue weighted by Gasteiger charge is -2.22. The molecule has 3 heteroatoms. The second-order valence-corrected chi connectivity index (χ2v) is 6.31. The van der Waals surface area contributed by atoms with E-state index in [1.807, 2.05) is 30.3 Å². The largest absolute Gasteiger partial charge is 0.491 e. The predicted molar refractivity (Wildman–Crippen MR) is 80.6 cm³/mol. The van der Waals surface area contributed by atoms with Gasteiger partial charge in [0, 0.05) is 5.39 Å². The third-order valence-corrected chi connectivity index (χ3v) is 5.04. The minimum absolute atomic E-state index is 0.550. The average Bonchev–Trinajstić information content (AvgIpc) is 3.07. The molecule has 2 aliphatic rings. The van der Waals surface area contributed by atoms with Crippen molar-refractivity contribution in [3.63, 3.8) is 0 Å². The standard InChI is InChI=1S/C17H20N2O/c18-16-7-6-12-2-1-3-15(17(12)19-16)20-10-14-9-11-4-5-13(14)8-11/h1-3,6-7,11,13-14H,4-5,8-10H2,(H2,18,19)/t11-,13+,14?/m1/s1. The van der Waals surface area contributed by atoms with Crippen LogP contribution in [-0.4, -0.2) is 11.6 Å². The molecule has 3 nitrogen and oxygen atoms in total. The fraction of sp³-hybridized carbons (Fsp3) is 0.471. The summed E-state index contributed by atoms with van der Waals surface area (Å²) in [6.07, 6.45) is 5.62. The van der Waals surface area contributed by atoms with Gasteiger partial charge in [-0.15, -0.1) is 0 Å². The average molecular weight is 268 g/mol. The van der Waals surface area contributed by atoms with Gasteiger partial charge in [0.25, 0.3) is 0 Å². The molecule has 3 atom stereocenters. The van der Waals surface area contributed by atoms with E-state index in [2.05, 4.69) is 4.98 Å². The van der Waals surface area contributed by atoms with Gasteiger partial charge in [-0.1, -0.05) is 18.6 Å². The molecule has 4 rings (SSSR count). The van der Waals surface area contributed by atoms with Crippen LogP contribution < -0.4 is 10.5 Å². The van der Waals surface area contributed by atoms with Gasteiger partial charge in [-0.3, -0.25) is 0 Å². The van der Waals surface area contributed by atoms with Crippen LogP contribution in [0.3, 0.4) is 0 Å². The molecule has 104 valence electrons. The van der Waals surface area contributed by atoms with Crippen LogP contribution >= 0.6 is 0 Å². The summed E-state index contributed by atoms with van der Waals surface area (Å²) >= 11 is 0. The number of nitrogens with zero attached hydrogens (tertiary/aromatic N) is 1. The Morgan fingerprint density at radius 3 is 2.90 bits per heavy atom. The number of fused-ring (bicyclic) bond motifs is 3. The third kappa shape index (κ3) is 2.01. The van der Waals surface area contributed by atoms with Crippen molar-refractivity contribution in [2.75, 3.05) is 12.3 Å². The fourth-order valence-electron chi connectivity index (χ4n) is 4.03. The van der Waals surface area contributed by atoms with Crippen molar-refractivity contribution in [1.29, 1.82) is 0 Å². The number of hydrogen-bond donors (Lipinski definition) is 1. The SMILES string of the molecule is Nc1ccc2cccc(OCC3C[C@@H]4CC[C@H]3C4)c2n1. The third-order valence-electron chi connectivity index (χ3n) is 5.04. The Hall–Kier alpha value is -1.77. The Morgan fingerprint density at radius 1 is 1.15 bits per heavy atom. The molecule has 0 aliphatic heterocycles. The summed E-state index contributed by atoms with van der Waals surface area (Å²) in [7, 11) is 0. The lowest BCUT2D eigenvalue weighted by atomic mass is 9.89. The van der Waals surface area contributed by atoms with Gasteiger partial charge in [0.05, 0.1) is 6.61 Å². The molecule has 2 N–H and O–H groups in total. The molecule has 1 aromatic heterocycles. The van der Waals surface area contributed by atoms with E-state index >= 15 is 0 Å². The van der Waals surface area contributed by atoms with Crippen LogP contribution in [0.1, 0.15) is 25.7 Å². The highest BCUT2D eigenvalue weighted by Gasteiger charge is 2.39. The van der Waals surface area contributed by atoms with Crippen molar-refractivity contribution in [1.82, 2.24) is 4.98 Å². The molecule has 20 heavy (non-hydrogen) atoms. The quantitative estimate of drug-likeness (QED) is 0.924. The predicted octanol–water partition coefficient (Wildman–Crippen LogP) is 3.63. The normalized spacial score (nSPS) is 28.1. The molecule has 0 radical (unpaired) electrons. The van der Waals surface area contributed by atoms with Crippen molar-refractivity contribution in [3.8, 4) is 5.75 Å². The van der Waals surface area contributed by atoms with E-state index in [0.29, 0.717) is 5.82 Å². The topological polar surface area (TPSA) is 48.1 Å². The van der Waals surface area contributed by atoms with E-state index in [9.17, 15) is 0 Å². The van der Waals surface area contributed by atoms with Crippen LogP contribution in [0.2, 0.25) is 0 Å². The summed E-state index contributed by atoms with van der Waals surface area (Å²) in [5.41, 5.74) is 6.68. The van der Waals surface area contributed by atoms with Crippen LogP contribution in [0.25, 0.3) is 10.9 Å². The maximum absolute atomic E-state index is 6.09. The van der Waals surface area contributed by atoms with Crippen LogP contribution in [0, 0.1) is 17.8 Å². The maximum Gasteiger partial charge on any atom is 0.145 e. The van der Waals surface area contributed by atoms with E-state index in [0.717, 1.165) is 41.0 Å². The second-order valence-electron chi connectivity index (χ2n) is 6.31. The molecule has 0 saturated heterocycles. The van der Waals surface area contributed by atoms with Gasteiger partial charge in [0.15, 0.2) is 0 Å². The number of para-hydroxylation sites is 1. The van der Waals surface area contributed by atoms with E-state index < -0.39 is 0 Å². The molecule has 2 aromatic rings. The van der Waals surface area contributed by atoms with Crippen LogP contribution in [-0.2, 0) is 0 Å². The van der Waals surface area contributed by atoms with Gasteiger partial charge in [-0.05, 0) is 55.2 Å². The van der Waals surface area contributed by atoms with E-state index in [4.69, 9.17) is 10.5 Å². The van der Waals surface area contributed by atoms with E-state index in [1.54, 1.807) is 0 Å². The van der Waals surface area contributed by atoms with Gasteiger partial charge in [-0.25, -0.2) is 4.98 Å². The molecule has 1 unspecified atom stereocenters. The summed E-state index contributed by atoms with van der Waals surface area (Å²) in [5.74, 6) is 4.03. The summed E-state index contributed by atoms with van der Waals surface area (Å²) in [6, 6.07) is 9.91. The van der Waals surface area contributed by atoms with Gasteiger partial charge in [-0.2, -0.15) is 0 Å². The highest BCUT2D eigenvalue weighted by Crippen LogP contribution is 2.48. The minimum Gasteiger partial charge on any atom is -0.491 e. The highest BCUT2D eigenvalue weighted by atomic mass is 16.5. The van der Waals surface area contributed by atoms with Gasteiger partial charge in [0.2, 0.25) is 0 Å². The van der Waals surface area contributed by atoms with Crippen molar-refractivity contribution >= 4 is 16.7 Å². The van der Waals surface area contributed by atoms with E-state index in [1.165, 1.54) is 25.7 Å². The number of nitrogens with two attached hydrogens (primary N) is 1. The molecular weight excluding hydrogens is 248 g/mol. The zero-order valence-corrected chi connectivity index (χ0v) is 11.6. The van der Waals surface area contributed by atoms with E-state index in [-0.39, 0.29) is 0 Å². The Morgan fingerprint density at radius 2 is 2.10 bits per heavy atom. The van der Waals surface area contributed by atoms with Crippen molar-refractivity contribution in [3.05, 3.63) is 30.3 Å². The summed E-state index contributed by atoms with van der Waals surface area (Å²) in [4.78, 5) is 4.42. The van der Waals surface area contributed by atoms with Crippen LogP contribution in [0.4, 0.5) is 5.82 Å². The fourth-order valence-corrected chi connectivity index (χ4v) is 4.03. The molecule has 1 heterocycles. The molecule has 2 saturated carbocycles. The van der Waals surface area contributed by atoms with Crippen molar-refractivity contribution in [2.45, 2.75) is 25.7 Å². The number of rotatable bonds is 3. The first-order valence-electron chi connectivity index (χ1n) is 7.57. The van der Waals surface area contributed by atoms with Crippen LogP contribution in [0.15, 0.2) is 30.3 Å². The summed E-state index contributed by atoms with van der Waals surface area (Å²) in [5, 5.41) is 1.09. The first-order valence-corrected chi connectivity index (χ1v) is 7.57. The maximum atomic E-state index is 6.09. The molecule has 0 spiro atoms. The number of nitrogen functional groups attached to an aromatic ring is 1. The Kier molecular flexibility index (Phi) is 2.79. The minimum atomic E-state index is 0.550. The first kappa shape index (κ1) is 12.0. The number of anilines is 1. The van der Waals surface area contributed by atoms with Crippen molar-refractivity contribution < 1.29 is 4.74 Å². The number of benzene rings is 1. The molecule has 2 fully saturated rings. The molecule has 2 aliphatic carbocycles. The monoisotopic (exact) mass is 268 g/mol.